The number of rotatable bonds is 5. The summed E-state index contributed by atoms with van der Waals surface area (Å²) in [5.74, 6) is 1.01. The van der Waals surface area contributed by atoms with Crippen LogP contribution in [0.4, 0.5) is 4.39 Å². The van der Waals surface area contributed by atoms with Gasteiger partial charge in [-0.1, -0.05) is 6.92 Å². The summed E-state index contributed by atoms with van der Waals surface area (Å²) < 4.78 is 20.4. The van der Waals surface area contributed by atoms with Crippen LogP contribution in [0.3, 0.4) is 0 Å². The predicted octanol–water partition coefficient (Wildman–Crippen LogP) is 2.77. The van der Waals surface area contributed by atoms with Crippen LogP contribution in [-0.4, -0.2) is 16.3 Å². The van der Waals surface area contributed by atoms with Gasteiger partial charge in [0.15, 0.2) is 0 Å². The van der Waals surface area contributed by atoms with Gasteiger partial charge in [-0.25, -0.2) is 9.07 Å². The summed E-state index contributed by atoms with van der Waals surface area (Å²) in [4.78, 5) is 0. The summed E-state index contributed by atoms with van der Waals surface area (Å²) in [6, 6.07) is 5.97. The van der Waals surface area contributed by atoms with Crippen LogP contribution < -0.4 is 10.1 Å². The number of nitrogens with one attached hydrogen (secondary N) is 1. The van der Waals surface area contributed by atoms with Crippen LogP contribution in [0.2, 0.25) is 0 Å². The molecule has 0 bridgehead atoms. The Bertz CT molecular complexity index is 549. The molecular formula is C14H18FN3O. The molecule has 0 saturated carbocycles. The molecule has 2 rings (SSSR count). The third-order valence-electron chi connectivity index (χ3n) is 2.87. The molecule has 0 saturated heterocycles. The fourth-order valence-electron chi connectivity index (χ4n) is 1.88. The molecule has 0 radical (unpaired) electrons. The molecule has 0 amide bonds. The van der Waals surface area contributed by atoms with Gasteiger partial charge >= 0.3 is 0 Å². The van der Waals surface area contributed by atoms with Crippen molar-refractivity contribution >= 4 is 0 Å². The van der Waals surface area contributed by atoms with Crippen LogP contribution in [0.25, 0.3) is 0 Å². The van der Waals surface area contributed by atoms with Crippen molar-refractivity contribution in [2.45, 2.75) is 20.4 Å². The van der Waals surface area contributed by atoms with Gasteiger partial charge in [-0.2, -0.15) is 5.10 Å². The van der Waals surface area contributed by atoms with Gasteiger partial charge in [0, 0.05) is 13.6 Å². The highest BCUT2D eigenvalue weighted by atomic mass is 19.1. The van der Waals surface area contributed by atoms with Crippen LogP contribution in [0.1, 0.15) is 18.2 Å². The number of hydrogen-bond donors (Lipinski definition) is 1. The number of aryl methyl sites for hydroxylation is 2. The van der Waals surface area contributed by atoms with Crippen molar-refractivity contribution in [2.24, 2.45) is 7.05 Å². The highest BCUT2D eigenvalue weighted by Crippen LogP contribution is 2.27. The van der Waals surface area contributed by atoms with Crippen molar-refractivity contribution < 1.29 is 9.13 Å². The highest BCUT2D eigenvalue weighted by molar-refractivity contribution is 5.35. The predicted molar refractivity (Wildman–Crippen MR) is 71.8 cm³/mol. The van der Waals surface area contributed by atoms with Gasteiger partial charge in [0.2, 0.25) is 5.88 Å². The molecule has 0 atom stereocenters. The van der Waals surface area contributed by atoms with E-state index in [-0.39, 0.29) is 5.82 Å². The molecule has 5 heteroatoms. The molecule has 0 fully saturated rings. The lowest BCUT2D eigenvalue weighted by Gasteiger charge is -2.09. The lowest BCUT2D eigenvalue weighted by molar-refractivity contribution is 0.423. The first-order valence-corrected chi connectivity index (χ1v) is 6.28. The maximum atomic E-state index is 12.9. The lowest BCUT2D eigenvalue weighted by atomic mass is 10.2. The van der Waals surface area contributed by atoms with Crippen LogP contribution in [-0.2, 0) is 13.6 Å². The van der Waals surface area contributed by atoms with E-state index < -0.39 is 0 Å². The number of benzene rings is 1. The Labute approximate surface area is 112 Å². The van der Waals surface area contributed by atoms with Gasteiger partial charge in [0.25, 0.3) is 0 Å². The lowest BCUT2D eigenvalue weighted by Crippen LogP contribution is -2.12. The minimum absolute atomic E-state index is 0.276. The summed E-state index contributed by atoms with van der Waals surface area (Å²) in [5.41, 5.74) is 1.95. The molecule has 19 heavy (non-hydrogen) atoms. The second kappa shape index (κ2) is 5.84. The van der Waals surface area contributed by atoms with Crippen molar-refractivity contribution in [3.8, 4) is 11.6 Å². The van der Waals surface area contributed by atoms with E-state index in [4.69, 9.17) is 4.74 Å². The topological polar surface area (TPSA) is 39.1 Å². The maximum Gasteiger partial charge on any atom is 0.222 e. The van der Waals surface area contributed by atoms with Crippen molar-refractivity contribution in [1.29, 1.82) is 0 Å². The summed E-state index contributed by atoms with van der Waals surface area (Å²) in [6.07, 6.45) is 0. The number of ether oxygens (including phenoxy) is 1. The number of halogens is 1. The second-order valence-electron chi connectivity index (χ2n) is 4.33. The van der Waals surface area contributed by atoms with E-state index in [2.05, 4.69) is 10.4 Å². The Balaban J connectivity index is 2.25. The average Bonchev–Trinajstić information content (AvgIpc) is 2.65. The largest absolute Gasteiger partial charge is 0.439 e. The fraction of sp³-hybridized carbons (Fsp3) is 0.357. The average molecular weight is 263 g/mol. The second-order valence-corrected chi connectivity index (χ2v) is 4.33. The molecule has 102 valence electrons. The molecule has 0 aliphatic rings. The van der Waals surface area contributed by atoms with E-state index in [9.17, 15) is 4.39 Å². The van der Waals surface area contributed by atoms with Crippen molar-refractivity contribution in [3.05, 3.63) is 41.3 Å². The summed E-state index contributed by atoms with van der Waals surface area (Å²) >= 11 is 0. The zero-order chi connectivity index (χ0) is 13.8. The van der Waals surface area contributed by atoms with E-state index in [1.807, 2.05) is 20.9 Å². The number of aromatic nitrogens is 2. The Morgan fingerprint density at radius 1 is 1.32 bits per heavy atom. The first-order chi connectivity index (χ1) is 9.11. The minimum atomic E-state index is -0.276. The standard InChI is InChI=1S/C14H18FN3O/c1-4-16-9-13-10(2)17-18(3)14(13)19-12-7-5-11(15)6-8-12/h5-8,16H,4,9H2,1-3H3. The van der Waals surface area contributed by atoms with Crippen LogP contribution >= 0.6 is 0 Å². The molecule has 4 nitrogen and oxygen atoms in total. The van der Waals surface area contributed by atoms with Gasteiger partial charge in [-0.3, -0.25) is 0 Å². The van der Waals surface area contributed by atoms with Gasteiger partial charge in [0.05, 0.1) is 11.3 Å². The van der Waals surface area contributed by atoms with Crippen LogP contribution in [0, 0.1) is 12.7 Å². The third kappa shape index (κ3) is 3.12. The van der Waals surface area contributed by atoms with E-state index in [0.717, 1.165) is 17.8 Å². The molecule has 0 aliphatic carbocycles. The van der Waals surface area contributed by atoms with Crippen LogP contribution in [0.15, 0.2) is 24.3 Å². The first kappa shape index (κ1) is 13.5. The minimum Gasteiger partial charge on any atom is -0.439 e. The molecule has 1 N–H and O–H groups in total. The van der Waals surface area contributed by atoms with Crippen LogP contribution in [0.5, 0.6) is 11.6 Å². The Kier molecular flexibility index (Phi) is 4.16. The smallest absolute Gasteiger partial charge is 0.222 e. The molecule has 0 spiro atoms. The third-order valence-corrected chi connectivity index (χ3v) is 2.87. The van der Waals surface area contributed by atoms with Crippen molar-refractivity contribution in [2.75, 3.05) is 6.54 Å². The molecular weight excluding hydrogens is 245 g/mol. The number of hydrogen-bond acceptors (Lipinski definition) is 3. The van der Waals surface area contributed by atoms with E-state index in [1.54, 1.807) is 16.8 Å². The monoisotopic (exact) mass is 263 g/mol. The van der Waals surface area contributed by atoms with Gasteiger partial charge in [0.1, 0.15) is 11.6 Å². The fourth-order valence-corrected chi connectivity index (χ4v) is 1.88. The Morgan fingerprint density at radius 3 is 2.63 bits per heavy atom. The Morgan fingerprint density at radius 2 is 2.00 bits per heavy atom. The zero-order valence-corrected chi connectivity index (χ0v) is 11.4. The maximum absolute atomic E-state index is 12.9. The SMILES string of the molecule is CCNCc1c(C)nn(C)c1Oc1ccc(F)cc1. The van der Waals surface area contributed by atoms with E-state index >= 15 is 0 Å². The van der Waals surface area contributed by atoms with E-state index in [0.29, 0.717) is 18.2 Å². The summed E-state index contributed by atoms with van der Waals surface area (Å²) in [7, 11) is 1.83. The van der Waals surface area contributed by atoms with Crippen molar-refractivity contribution in [1.82, 2.24) is 15.1 Å². The van der Waals surface area contributed by atoms with Gasteiger partial charge in [-0.15, -0.1) is 0 Å². The number of nitrogens with zero attached hydrogens (tertiary/aromatic N) is 2. The Hall–Kier alpha value is -1.88. The molecule has 2 aromatic rings. The van der Waals surface area contributed by atoms with Gasteiger partial charge in [-0.05, 0) is 37.7 Å². The summed E-state index contributed by atoms with van der Waals surface area (Å²) in [6.45, 7) is 5.58. The van der Waals surface area contributed by atoms with E-state index in [1.165, 1.54) is 12.1 Å². The molecule has 0 aliphatic heterocycles. The molecule has 1 heterocycles. The first-order valence-electron chi connectivity index (χ1n) is 6.28. The molecule has 0 unspecified atom stereocenters. The molecule has 1 aromatic carbocycles. The highest BCUT2D eigenvalue weighted by Gasteiger charge is 2.14. The van der Waals surface area contributed by atoms with Crippen molar-refractivity contribution in [3.63, 3.8) is 0 Å². The normalized spacial score (nSPS) is 10.7. The zero-order valence-electron chi connectivity index (χ0n) is 11.4. The van der Waals surface area contributed by atoms with Gasteiger partial charge < -0.3 is 10.1 Å². The summed E-state index contributed by atoms with van der Waals surface area (Å²) in [5, 5.41) is 7.62. The molecule has 1 aromatic heterocycles. The quantitative estimate of drug-likeness (QED) is 0.901.